The Labute approximate surface area is 188 Å². The number of benzene rings is 3. The molecule has 0 radical (unpaired) electrons. The molecule has 1 heterocycles. The van der Waals surface area contributed by atoms with Gasteiger partial charge in [0.2, 0.25) is 0 Å². The summed E-state index contributed by atoms with van der Waals surface area (Å²) < 4.78 is 19.7. The van der Waals surface area contributed by atoms with Crippen LogP contribution in [0.1, 0.15) is 16.7 Å². The van der Waals surface area contributed by atoms with E-state index in [0.29, 0.717) is 32.0 Å². The van der Waals surface area contributed by atoms with Crippen LogP contribution in [0.5, 0.6) is 5.75 Å². The van der Waals surface area contributed by atoms with Crippen LogP contribution in [0.2, 0.25) is 5.02 Å². The van der Waals surface area contributed by atoms with E-state index in [2.05, 4.69) is 10.3 Å². The molecule has 1 amide bonds. The third kappa shape index (κ3) is 5.34. The van der Waals surface area contributed by atoms with Crippen LogP contribution in [0.4, 0.5) is 10.1 Å². The van der Waals surface area contributed by atoms with Crippen LogP contribution >= 0.6 is 23.4 Å². The summed E-state index contributed by atoms with van der Waals surface area (Å²) in [6.45, 7) is 2.06. The van der Waals surface area contributed by atoms with Crippen LogP contribution in [-0.4, -0.2) is 11.1 Å². The van der Waals surface area contributed by atoms with E-state index < -0.39 is 0 Å². The summed E-state index contributed by atoms with van der Waals surface area (Å²) in [4.78, 5) is 17.4. The fraction of sp³-hybridized carbons (Fsp3) is 0.0833. The minimum atomic E-state index is -0.334. The zero-order valence-corrected chi connectivity index (χ0v) is 18.1. The van der Waals surface area contributed by atoms with Crippen molar-refractivity contribution in [3.05, 3.63) is 99.2 Å². The number of nitrogens with zero attached hydrogens (tertiary/aromatic N) is 1. The molecular formula is C24H18ClFN2O2S. The molecule has 3 aromatic rings. The zero-order valence-electron chi connectivity index (χ0n) is 16.6. The molecule has 156 valence electrons. The SMILES string of the molecule is Cc1ccc(N=C2NC(=O)C(=Cc3cc(Cl)ccc3OCc3ccccc3F)S2)cc1. The number of halogens is 2. The minimum Gasteiger partial charge on any atom is -0.488 e. The number of rotatable bonds is 5. The summed E-state index contributed by atoms with van der Waals surface area (Å²) in [7, 11) is 0. The summed E-state index contributed by atoms with van der Waals surface area (Å²) in [5.41, 5.74) is 2.96. The zero-order chi connectivity index (χ0) is 21.8. The van der Waals surface area contributed by atoms with Crippen LogP contribution in [0.25, 0.3) is 6.08 Å². The number of thioether (sulfide) groups is 1. The molecule has 0 saturated carbocycles. The Hall–Kier alpha value is -3.09. The number of ether oxygens (including phenoxy) is 1. The van der Waals surface area contributed by atoms with Gasteiger partial charge in [-0.2, -0.15) is 0 Å². The molecule has 0 bridgehead atoms. The predicted octanol–water partition coefficient (Wildman–Crippen LogP) is 6.26. The normalized spacial score (nSPS) is 16.0. The van der Waals surface area contributed by atoms with Crippen molar-refractivity contribution in [2.45, 2.75) is 13.5 Å². The second-order valence-corrected chi connectivity index (χ2v) is 8.35. The van der Waals surface area contributed by atoms with Crippen molar-refractivity contribution in [1.29, 1.82) is 0 Å². The molecule has 0 atom stereocenters. The van der Waals surface area contributed by atoms with E-state index in [1.165, 1.54) is 17.8 Å². The van der Waals surface area contributed by atoms with Gasteiger partial charge < -0.3 is 10.1 Å². The first-order valence-electron chi connectivity index (χ1n) is 9.50. The van der Waals surface area contributed by atoms with Crippen LogP contribution in [-0.2, 0) is 11.4 Å². The average Bonchev–Trinajstić information content (AvgIpc) is 3.09. The molecule has 31 heavy (non-hydrogen) atoms. The molecule has 0 unspecified atom stereocenters. The smallest absolute Gasteiger partial charge is 0.264 e. The summed E-state index contributed by atoms with van der Waals surface area (Å²) in [6, 6.07) is 19.2. The molecule has 3 aromatic carbocycles. The summed E-state index contributed by atoms with van der Waals surface area (Å²) in [6.07, 6.45) is 1.69. The first-order valence-corrected chi connectivity index (χ1v) is 10.7. The lowest BCUT2D eigenvalue weighted by Gasteiger charge is -2.10. The maximum Gasteiger partial charge on any atom is 0.264 e. The van der Waals surface area contributed by atoms with Crippen LogP contribution < -0.4 is 10.1 Å². The second kappa shape index (κ2) is 9.37. The van der Waals surface area contributed by atoms with Gasteiger partial charge >= 0.3 is 0 Å². The van der Waals surface area contributed by atoms with Crippen molar-refractivity contribution in [2.24, 2.45) is 4.99 Å². The van der Waals surface area contributed by atoms with Gasteiger partial charge in [0.15, 0.2) is 5.17 Å². The summed E-state index contributed by atoms with van der Waals surface area (Å²) in [5.74, 6) is -0.0904. The fourth-order valence-corrected chi connectivity index (χ4v) is 3.91. The van der Waals surface area contributed by atoms with Crippen LogP contribution in [0.3, 0.4) is 0 Å². The van der Waals surface area contributed by atoms with Gasteiger partial charge in [0, 0.05) is 16.1 Å². The standard InChI is InChI=1S/C24H18ClFN2O2S/c1-15-6-9-19(10-7-15)27-24-28-23(29)22(31-24)13-17-12-18(25)8-11-21(17)30-14-16-4-2-3-5-20(16)26/h2-13H,14H2,1H3,(H,27,28,29). The largest absolute Gasteiger partial charge is 0.488 e. The molecule has 1 N–H and O–H groups in total. The van der Waals surface area contributed by atoms with Crippen molar-refractivity contribution in [3.8, 4) is 5.75 Å². The van der Waals surface area contributed by atoms with E-state index in [-0.39, 0.29) is 18.3 Å². The maximum atomic E-state index is 13.9. The number of amidine groups is 1. The lowest BCUT2D eigenvalue weighted by Crippen LogP contribution is -2.19. The van der Waals surface area contributed by atoms with Gasteiger partial charge in [0.1, 0.15) is 18.2 Å². The molecule has 7 heteroatoms. The monoisotopic (exact) mass is 452 g/mol. The van der Waals surface area contributed by atoms with Gasteiger partial charge in [0.05, 0.1) is 10.6 Å². The van der Waals surface area contributed by atoms with E-state index in [4.69, 9.17) is 16.3 Å². The molecule has 0 aromatic heterocycles. The molecule has 1 aliphatic rings. The number of aliphatic imine (C=N–C) groups is 1. The molecule has 1 saturated heterocycles. The number of nitrogens with one attached hydrogen (secondary N) is 1. The number of carbonyl (C=O) groups excluding carboxylic acids is 1. The highest BCUT2D eigenvalue weighted by Gasteiger charge is 2.24. The molecule has 4 rings (SSSR count). The number of amides is 1. The topological polar surface area (TPSA) is 50.7 Å². The first-order chi connectivity index (χ1) is 15.0. The first kappa shape index (κ1) is 21.2. The molecule has 1 fully saturated rings. The lowest BCUT2D eigenvalue weighted by atomic mass is 10.1. The third-order valence-corrected chi connectivity index (χ3v) is 5.66. The second-order valence-electron chi connectivity index (χ2n) is 6.88. The third-order valence-electron chi connectivity index (χ3n) is 4.51. The number of carbonyl (C=O) groups is 1. The van der Waals surface area contributed by atoms with Gasteiger partial charge in [0.25, 0.3) is 5.91 Å². The maximum absolute atomic E-state index is 13.9. The Kier molecular flexibility index (Phi) is 6.39. The van der Waals surface area contributed by atoms with Crippen molar-refractivity contribution < 1.29 is 13.9 Å². The Bertz CT molecular complexity index is 1190. The number of hydrogen-bond donors (Lipinski definition) is 1. The quantitative estimate of drug-likeness (QED) is 0.465. The van der Waals surface area contributed by atoms with E-state index in [1.54, 1.807) is 42.5 Å². The Balaban J connectivity index is 1.56. The fourth-order valence-electron chi connectivity index (χ4n) is 2.89. The van der Waals surface area contributed by atoms with Gasteiger partial charge in [-0.05, 0) is 61.2 Å². The van der Waals surface area contributed by atoms with E-state index >= 15 is 0 Å². The van der Waals surface area contributed by atoms with E-state index in [0.717, 1.165) is 11.3 Å². The highest BCUT2D eigenvalue weighted by Crippen LogP contribution is 2.32. The van der Waals surface area contributed by atoms with Crippen LogP contribution in [0.15, 0.2) is 76.6 Å². The number of hydrogen-bond acceptors (Lipinski definition) is 4. The van der Waals surface area contributed by atoms with E-state index in [9.17, 15) is 9.18 Å². The molecule has 0 spiro atoms. The average molecular weight is 453 g/mol. The van der Waals surface area contributed by atoms with Gasteiger partial charge in [-0.3, -0.25) is 4.79 Å². The van der Waals surface area contributed by atoms with E-state index in [1.807, 2.05) is 31.2 Å². The molecular weight excluding hydrogens is 435 g/mol. The van der Waals surface area contributed by atoms with Gasteiger partial charge in [-0.15, -0.1) is 0 Å². The van der Waals surface area contributed by atoms with Crippen LogP contribution in [0, 0.1) is 12.7 Å². The minimum absolute atomic E-state index is 0.0595. The number of aryl methyl sites for hydroxylation is 1. The molecule has 4 nitrogen and oxygen atoms in total. The summed E-state index contributed by atoms with van der Waals surface area (Å²) >= 11 is 7.39. The van der Waals surface area contributed by atoms with Gasteiger partial charge in [-0.1, -0.05) is 47.5 Å². The molecule has 0 aliphatic carbocycles. The molecule has 1 aliphatic heterocycles. The lowest BCUT2D eigenvalue weighted by molar-refractivity contribution is -0.115. The van der Waals surface area contributed by atoms with Crippen molar-refractivity contribution in [3.63, 3.8) is 0 Å². The predicted molar refractivity (Wildman–Crippen MR) is 124 cm³/mol. The van der Waals surface area contributed by atoms with Crippen molar-refractivity contribution in [1.82, 2.24) is 5.32 Å². The highest BCUT2D eigenvalue weighted by molar-refractivity contribution is 8.18. The Morgan fingerprint density at radius 3 is 2.68 bits per heavy atom. The van der Waals surface area contributed by atoms with Gasteiger partial charge in [-0.25, -0.2) is 9.38 Å². The highest BCUT2D eigenvalue weighted by atomic mass is 35.5. The Morgan fingerprint density at radius 2 is 1.90 bits per heavy atom. The van der Waals surface area contributed by atoms with Crippen molar-refractivity contribution in [2.75, 3.05) is 0 Å². The summed E-state index contributed by atoms with van der Waals surface area (Å²) in [5, 5.41) is 3.77. The Morgan fingerprint density at radius 1 is 1.13 bits per heavy atom. The van der Waals surface area contributed by atoms with Crippen molar-refractivity contribution >= 4 is 46.2 Å².